The largest absolute Gasteiger partial charge is 0.462 e. The average molecular weight is 535 g/mol. The fourth-order valence-electron chi connectivity index (χ4n) is 4.13. The monoisotopic (exact) mass is 534 g/mol. The Hall–Kier alpha value is -1.30. The summed E-state index contributed by atoms with van der Waals surface area (Å²) in [6, 6.07) is 0. The number of carbonyl (C=O) groups excluding carboxylic acids is 2. The smallest absolute Gasteiger partial charge is 0.306 e. The van der Waals surface area contributed by atoms with Gasteiger partial charge in [0.15, 0.2) is 12.4 Å². The fourth-order valence-corrected chi connectivity index (χ4v) is 4.13. The third-order valence-corrected chi connectivity index (χ3v) is 6.49. The second-order valence-electron chi connectivity index (χ2n) is 9.86. The number of aliphatic hydroxyl groups excluding tert-OH is 4. The van der Waals surface area contributed by atoms with Crippen molar-refractivity contribution in [2.45, 2.75) is 141 Å². The van der Waals surface area contributed by atoms with E-state index in [0.29, 0.717) is 6.42 Å². The van der Waals surface area contributed by atoms with Gasteiger partial charge in [0.25, 0.3) is 0 Å². The molecule has 0 radical (unpaired) electrons. The number of ether oxygens (including phenoxy) is 4. The van der Waals surface area contributed by atoms with Crippen molar-refractivity contribution in [3.63, 3.8) is 0 Å². The van der Waals surface area contributed by atoms with Crippen LogP contribution in [0.5, 0.6) is 0 Å². The summed E-state index contributed by atoms with van der Waals surface area (Å²) < 4.78 is 21.7. The molecular weight excluding hydrogens is 484 g/mol. The predicted octanol–water partition coefficient (Wildman–Crippen LogP) is 2.76. The van der Waals surface area contributed by atoms with Gasteiger partial charge in [0.1, 0.15) is 31.0 Å². The van der Waals surface area contributed by atoms with Crippen LogP contribution in [-0.2, 0) is 28.5 Å². The standard InChI is InChI=1S/C27H50O10/c1-3-5-7-9-11-13-15-22(29)34-18-20(36-23(30)16-14-12-10-8-6-4-2)19-35-27-26(33)25(32)24(31)21(17-28)37-27/h20-21,24-28,31-33H,3-19H2,1-2H3/t20?,21?,24-,25+,26?,27+/m0/s1. The van der Waals surface area contributed by atoms with Crippen molar-refractivity contribution < 1.29 is 49.0 Å². The first-order valence-electron chi connectivity index (χ1n) is 14.1. The van der Waals surface area contributed by atoms with Crippen molar-refractivity contribution >= 4 is 11.9 Å². The van der Waals surface area contributed by atoms with E-state index < -0.39 is 49.4 Å². The Morgan fingerprint density at radius 2 is 1.27 bits per heavy atom. The molecule has 10 heteroatoms. The zero-order valence-corrected chi connectivity index (χ0v) is 22.7. The summed E-state index contributed by atoms with van der Waals surface area (Å²) in [7, 11) is 0. The second-order valence-corrected chi connectivity index (χ2v) is 9.86. The quantitative estimate of drug-likeness (QED) is 0.128. The first-order valence-corrected chi connectivity index (χ1v) is 14.1. The minimum absolute atomic E-state index is 0.214. The molecule has 10 nitrogen and oxygen atoms in total. The van der Waals surface area contributed by atoms with E-state index in [2.05, 4.69) is 13.8 Å². The number of unbranched alkanes of at least 4 members (excludes halogenated alkanes) is 10. The van der Waals surface area contributed by atoms with E-state index in [4.69, 9.17) is 18.9 Å². The maximum atomic E-state index is 12.4. The number of hydrogen-bond donors (Lipinski definition) is 4. The normalized spacial score (nSPS) is 24.5. The molecule has 0 amide bonds. The summed E-state index contributed by atoms with van der Waals surface area (Å²) in [6.07, 6.45) is 4.80. The highest BCUT2D eigenvalue weighted by molar-refractivity contribution is 5.70. The van der Waals surface area contributed by atoms with Crippen molar-refractivity contribution in [3.8, 4) is 0 Å². The van der Waals surface area contributed by atoms with Crippen LogP contribution in [0.3, 0.4) is 0 Å². The summed E-state index contributed by atoms with van der Waals surface area (Å²) in [6.45, 7) is 3.22. The van der Waals surface area contributed by atoms with E-state index in [-0.39, 0.29) is 32.0 Å². The molecule has 0 aromatic carbocycles. The van der Waals surface area contributed by atoms with Gasteiger partial charge >= 0.3 is 11.9 Å². The van der Waals surface area contributed by atoms with Gasteiger partial charge in [-0.2, -0.15) is 0 Å². The van der Waals surface area contributed by atoms with Gasteiger partial charge in [0, 0.05) is 12.8 Å². The van der Waals surface area contributed by atoms with E-state index in [1.54, 1.807) is 0 Å². The second kappa shape index (κ2) is 20.6. The van der Waals surface area contributed by atoms with Gasteiger partial charge in [-0.25, -0.2) is 0 Å². The molecule has 0 aliphatic carbocycles. The lowest BCUT2D eigenvalue weighted by Gasteiger charge is -2.39. The highest BCUT2D eigenvalue weighted by atomic mass is 16.7. The summed E-state index contributed by atoms with van der Waals surface area (Å²) in [5.74, 6) is -0.829. The Balaban J connectivity index is 2.55. The van der Waals surface area contributed by atoms with Crippen LogP contribution in [-0.4, -0.2) is 89.0 Å². The highest BCUT2D eigenvalue weighted by Gasteiger charge is 2.44. The molecule has 1 fully saturated rings. The highest BCUT2D eigenvalue weighted by Crippen LogP contribution is 2.22. The molecule has 4 N–H and O–H groups in total. The average Bonchev–Trinajstić information content (AvgIpc) is 2.89. The third-order valence-electron chi connectivity index (χ3n) is 6.49. The number of rotatable bonds is 21. The molecule has 0 aromatic rings. The SMILES string of the molecule is CCCCCCCCC(=O)OCC(CO[C@@H]1OC(CO)[C@H](O)[C@@H](O)C1O)OC(=O)CCCCCCCC. The Kier molecular flexibility index (Phi) is 18.8. The molecular formula is C27H50O10. The lowest BCUT2D eigenvalue weighted by atomic mass is 9.99. The van der Waals surface area contributed by atoms with Crippen molar-refractivity contribution in [1.29, 1.82) is 0 Å². The van der Waals surface area contributed by atoms with Crippen LogP contribution in [0.1, 0.15) is 104 Å². The van der Waals surface area contributed by atoms with Crippen LogP contribution in [0.25, 0.3) is 0 Å². The van der Waals surface area contributed by atoms with E-state index >= 15 is 0 Å². The zero-order chi connectivity index (χ0) is 27.5. The van der Waals surface area contributed by atoms with Gasteiger partial charge in [-0.05, 0) is 12.8 Å². The van der Waals surface area contributed by atoms with Gasteiger partial charge in [-0.1, -0.05) is 78.1 Å². The maximum Gasteiger partial charge on any atom is 0.306 e. The topological polar surface area (TPSA) is 152 Å². The molecule has 0 aromatic heterocycles. The zero-order valence-electron chi connectivity index (χ0n) is 22.7. The summed E-state index contributed by atoms with van der Waals surface area (Å²) in [5.41, 5.74) is 0. The van der Waals surface area contributed by atoms with Crippen molar-refractivity contribution in [3.05, 3.63) is 0 Å². The minimum atomic E-state index is -1.58. The lowest BCUT2D eigenvalue weighted by Crippen LogP contribution is -2.59. The van der Waals surface area contributed by atoms with Crippen LogP contribution in [0.15, 0.2) is 0 Å². The Bertz CT molecular complexity index is 600. The molecule has 0 spiro atoms. The first kappa shape index (κ1) is 33.7. The molecule has 218 valence electrons. The van der Waals surface area contributed by atoms with Crippen LogP contribution in [0, 0.1) is 0 Å². The van der Waals surface area contributed by atoms with Crippen molar-refractivity contribution in [1.82, 2.24) is 0 Å². The first-order chi connectivity index (χ1) is 17.8. The molecule has 37 heavy (non-hydrogen) atoms. The van der Waals surface area contributed by atoms with E-state index in [9.17, 15) is 30.0 Å². The molecule has 1 saturated heterocycles. The van der Waals surface area contributed by atoms with Crippen LogP contribution in [0.2, 0.25) is 0 Å². The fraction of sp³-hybridized carbons (Fsp3) is 0.926. The van der Waals surface area contributed by atoms with E-state index in [0.717, 1.165) is 57.8 Å². The van der Waals surface area contributed by atoms with Crippen molar-refractivity contribution in [2.75, 3.05) is 19.8 Å². The summed E-state index contributed by atoms with van der Waals surface area (Å²) >= 11 is 0. The minimum Gasteiger partial charge on any atom is -0.462 e. The molecule has 0 bridgehead atoms. The molecule has 6 atom stereocenters. The molecule has 1 rings (SSSR count). The number of hydrogen-bond acceptors (Lipinski definition) is 10. The third kappa shape index (κ3) is 14.4. The predicted molar refractivity (Wildman–Crippen MR) is 137 cm³/mol. The van der Waals surface area contributed by atoms with Gasteiger partial charge in [-0.15, -0.1) is 0 Å². The van der Waals surface area contributed by atoms with Crippen LogP contribution in [0.4, 0.5) is 0 Å². The van der Waals surface area contributed by atoms with E-state index in [1.165, 1.54) is 12.8 Å². The summed E-state index contributed by atoms with van der Waals surface area (Å²) in [4.78, 5) is 24.6. The van der Waals surface area contributed by atoms with Crippen LogP contribution < -0.4 is 0 Å². The van der Waals surface area contributed by atoms with E-state index in [1.807, 2.05) is 0 Å². The van der Waals surface area contributed by atoms with Crippen LogP contribution >= 0.6 is 0 Å². The van der Waals surface area contributed by atoms with Gasteiger partial charge < -0.3 is 39.4 Å². The van der Waals surface area contributed by atoms with Gasteiger partial charge in [-0.3, -0.25) is 9.59 Å². The molecule has 1 aliphatic rings. The van der Waals surface area contributed by atoms with Gasteiger partial charge in [0.2, 0.25) is 0 Å². The van der Waals surface area contributed by atoms with Crippen molar-refractivity contribution in [2.24, 2.45) is 0 Å². The lowest BCUT2D eigenvalue weighted by molar-refractivity contribution is -0.305. The Morgan fingerprint density at radius 1 is 0.730 bits per heavy atom. The van der Waals surface area contributed by atoms with Gasteiger partial charge in [0.05, 0.1) is 13.2 Å². The molecule has 1 aliphatic heterocycles. The Morgan fingerprint density at radius 3 is 1.84 bits per heavy atom. The summed E-state index contributed by atoms with van der Waals surface area (Å²) in [5, 5.41) is 39.4. The number of aliphatic hydroxyl groups is 4. The molecule has 3 unspecified atom stereocenters. The maximum absolute atomic E-state index is 12.4. The number of esters is 2. The Labute approximate surface area is 221 Å². The molecule has 1 heterocycles. The number of carbonyl (C=O) groups is 2. The molecule has 0 saturated carbocycles.